The molecule has 2 rings (SSSR count). The molecule has 0 saturated carbocycles. The fourth-order valence-electron chi connectivity index (χ4n) is 1.99. The van der Waals surface area contributed by atoms with E-state index in [9.17, 15) is 9.59 Å². The van der Waals surface area contributed by atoms with Crippen LogP contribution in [-0.2, 0) is 9.59 Å². The van der Waals surface area contributed by atoms with Gasteiger partial charge in [-0.05, 0) is 49.7 Å². The number of anilines is 1. The molecule has 1 unspecified atom stereocenters. The molecule has 0 bridgehead atoms. The summed E-state index contributed by atoms with van der Waals surface area (Å²) in [4.78, 5) is 23.6. The molecule has 128 valence electrons. The smallest absolute Gasteiger partial charge is 0.303 e. The summed E-state index contributed by atoms with van der Waals surface area (Å²) >= 11 is 7.29. The maximum atomic E-state index is 12.2. The van der Waals surface area contributed by atoms with Crippen molar-refractivity contribution >= 4 is 40.5 Å². The Bertz CT molecular complexity index is 699. The largest absolute Gasteiger partial charge is 0.494 e. The minimum Gasteiger partial charge on any atom is -0.494 e. The molecule has 0 aliphatic carbocycles. The highest BCUT2D eigenvalue weighted by atomic mass is 35.5. The summed E-state index contributed by atoms with van der Waals surface area (Å²) in [6, 6.07) is 10.6. The second-order valence-corrected chi connectivity index (χ2v) is 6.97. The van der Waals surface area contributed by atoms with E-state index in [4.69, 9.17) is 21.4 Å². The second-order valence-electron chi connectivity index (χ2n) is 5.22. The van der Waals surface area contributed by atoms with Crippen LogP contribution in [-0.4, -0.2) is 23.6 Å². The number of carboxylic acids is 1. The summed E-state index contributed by atoms with van der Waals surface area (Å²) in [5.41, 5.74) is 0.674. The summed E-state index contributed by atoms with van der Waals surface area (Å²) in [6.07, 6.45) is 0.535. The second kappa shape index (κ2) is 8.70. The van der Waals surface area contributed by atoms with Crippen LogP contribution < -0.4 is 10.1 Å². The third-order valence-electron chi connectivity index (χ3n) is 3.34. The van der Waals surface area contributed by atoms with Gasteiger partial charge in [0.2, 0.25) is 5.91 Å². The minimum atomic E-state index is -0.835. The van der Waals surface area contributed by atoms with Crippen LogP contribution in [0.25, 0.3) is 0 Å². The first-order valence-electron chi connectivity index (χ1n) is 7.46. The lowest BCUT2D eigenvalue weighted by atomic mass is 10.1. The van der Waals surface area contributed by atoms with Gasteiger partial charge in [-0.15, -0.1) is 11.3 Å². The highest BCUT2D eigenvalue weighted by Gasteiger charge is 2.17. The molecule has 1 heterocycles. The molecule has 1 amide bonds. The average Bonchev–Trinajstić information content (AvgIpc) is 2.98. The number of ether oxygens (including phenoxy) is 1. The number of rotatable bonds is 8. The zero-order valence-corrected chi connectivity index (χ0v) is 14.7. The van der Waals surface area contributed by atoms with Crippen LogP contribution in [0.3, 0.4) is 0 Å². The molecule has 0 aliphatic heterocycles. The average molecular weight is 368 g/mol. The Kier molecular flexibility index (Phi) is 6.63. The van der Waals surface area contributed by atoms with Crippen molar-refractivity contribution in [3.8, 4) is 5.75 Å². The Balaban J connectivity index is 1.84. The quantitative estimate of drug-likeness (QED) is 0.678. The normalized spacial score (nSPS) is 11.8. The zero-order valence-electron chi connectivity index (χ0n) is 13.1. The number of carbonyl (C=O) groups is 2. The van der Waals surface area contributed by atoms with Gasteiger partial charge in [-0.3, -0.25) is 9.59 Å². The molecule has 2 N–H and O–H groups in total. The van der Waals surface area contributed by atoms with Gasteiger partial charge in [-0.2, -0.15) is 0 Å². The van der Waals surface area contributed by atoms with E-state index in [1.165, 1.54) is 11.3 Å². The first-order chi connectivity index (χ1) is 11.5. The van der Waals surface area contributed by atoms with Crippen LogP contribution in [0.15, 0.2) is 36.4 Å². The number of thiophene rings is 1. The molecule has 0 saturated heterocycles. The predicted octanol–water partition coefficient (Wildman–Crippen LogP) is 4.39. The number of carbonyl (C=O) groups excluding carboxylic acids is 1. The maximum absolute atomic E-state index is 12.2. The summed E-state index contributed by atoms with van der Waals surface area (Å²) in [6.45, 7) is 2.17. The molecule has 24 heavy (non-hydrogen) atoms. The number of amides is 1. The SMILES string of the molecule is CC(C(=O)Nc1ccc(OCCCC(=O)O)cc1)c1ccc(Cl)s1. The lowest BCUT2D eigenvalue weighted by molar-refractivity contribution is -0.137. The highest BCUT2D eigenvalue weighted by Crippen LogP contribution is 2.29. The van der Waals surface area contributed by atoms with Gasteiger partial charge in [-0.1, -0.05) is 11.6 Å². The van der Waals surface area contributed by atoms with Gasteiger partial charge in [0, 0.05) is 17.0 Å². The van der Waals surface area contributed by atoms with Crippen LogP contribution in [0, 0.1) is 0 Å². The van der Waals surface area contributed by atoms with Gasteiger partial charge < -0.3 is 15.2 Å². The summed E-state index contributed by atoms with van der Waals surface area (Å²) in [7, 11) is 0. The molecular weight excluding hydrogens is 350 g/mol. The fraction of sp³-hybridized carbons (Fsp3) is 0.294. The van der Waals surface area contributed by atoms with Gasteiger partial charge in [0.25, 0.3) is 0 Å². The molecule has 0 spiro atoms. The predicted molar refractivity (Wildman–Crippen MR) is 95.2 cm³/mol. The first-order valence-corrected chi connectivity index (χ1v) is 8.66. The summed E-state index contributed by atoms with van der Waals surface area (Å²) in [5, 5.41) is 11.4. The first kappa shape index (κ1) is 18.3. The molecule has 2 aromatic rings. The van der Waals surface area contributed by atoms with Crippen molar-refractivity contribution in [2.45, 2.75) is 25.7 Å². The van der Waals surface area contributed by atoms with Crippen molar-refractivity contribution in [2.24, 2.45) is 0 Å². The number of nitrogens with one attached hydrogen (secondary N) is 1. The number of hydrogen-bond donors (Lipinski definition) is 2. The molecule has 1 aromatic heterocycles. The van der Waals surface area contributed by atoms with E-state index in [1.54, 1.807) is 30.3 Å². The Morgan fingerprint density at radius 2 is 1.96 bits per heavy atom. The van der Waals surface area contributed by atoms with E-state index >= 15 is 0 Å². The molecule has 1 aromatic carbocycles. The van der Waals surface area contributed by atoms with E-state index < -0.39 is 5.97 Å². The number of benzene rings is 1. The van der Waals surface area contributed by atoms with E-state index in [0.717, 1.165) is 4.88 Å². The van der Waals surface area contributed by atoms with Crippen LogP contribution in [0.1, 0.15) is 30.6 Å². The summed E-state index contributed by atoms with van der Waals surface area (Å²) in [5.74, 6) is -0.590. The molecular formula is C17H18ClNO4S. The van der Waals surface area contributed by atoms with Crippen LogP contribution in [0.5, 0.6) is 5.75 Å². The van der Waals surface area contributed by atoms with Gasteiger partial charge in [0.05, 0.1) is 16.9 Å². The maximum Gasteiger partial charge on any atom is 0.303 e. The van der Waals surface area contributed by atoms with Gasteiger partial charge >= 0.3 is 5.97 Å². The fourth-order valence-corrected chi connectivity index (χ4v) is 3.10. The van der Waals surface area contributed by atoms with Gasteiger partial charge in [0.1, 0.15) is 5.75 Å². The van der Waals surface area contributed by atoms with Crippen molar-refractivity contribution < 1.29 is 19.4 Å². The highest BCUT2D eigenvalue weighted by molar-refractivity contribution is 7.16. The number of halogens is 1. The standard InChI is InChI=1S/C17H18ClNO4S/c1-11(14-8-9-15(18)24-14)17(22)19-12-4-6-13(7-5-12)23-10-2-3-16(20)21/h4-9,11H,2-3,10H2,1H3,(H,19,22)(H,20,21). The third kappa shape index (κ3) is 5.54. The van der Waals surface area contributed by atoms with E-state index in [0.29, 0.717) is 28.8 Å². The Labute approximate surface area is 149 Å². The van der Waals surface area contributed by atoms with Gasteiger partial charge in [0.15, 0.2) is 0 Å². The third-order valence-corrected chi connectivity index (χ3v) is 4.75. The van der Waals surface area contributed by atoms with Crippen molar-refractivity contribution in [3.05, 3.63) is 45.6 Å². The Morgan fingerprint density at radius 3 is 2.54 bits per heavy atom. The molecule has 1 atom stereocenters. The molecule has 7 heteroatoms. The van der Waals surface area contributed by atoms with Crippen molar-refractivity contribution in [1.29, 1.82) is 0 Å². The molecule has 0 fully saturated rings. The lowest BCUT2D eigenvalue weighted by Crippen LogP contribution is -2.18. The van der Waals surface area contributed by atoms with Crippen molar-refractivity contribution in [1.82, 2.24) is 0 Å². The van der Waals surface area contributed by atoms with Crippen LogP contribution in [0.4, 0.5) is 5.69 Å². The topological polar surface area (TPSA) is 75.6 Å². The Morgan fingerprint density at radius 1 is 1.25 bits per heavy atom. The summed E-state index contributed by atoms with van der Waals surface area (Å²) < 4.78 is 6.11. The van der Waals surface area contributed by atoms with Crippen molar-refractivity contribution in [3.63, 3.8) is 0 Å². The monoisotopic (exact) mass is 367 g/mol. The van der Waals surface area contributed by atoms with Crippen molar-refractivity contribution in [2.75, 3.05) is 11.9 Å². The minimum absolute atomic E-state index is 0.0821. The number of aliphatic carboxylic acids is 1. The molecule has 0 aliphatic rings. The van der Waals surface area contributed by atoms with E-state index in [1.807, 2.05) is 13.0 Å². The Hall–Kier alpha value is -2.05. The van der Waals surface area contributed by atoms with E-state index in [2.05, 4.69) is 5.32 Å². The molecule has 5 nitrogen and oxygen atoms in total. The number of carboxylic acid groups (broad SMARTS) is 1. The lowest BCUT2D eigenvalue weighted by Gasteiger charge is -2.11. The van der Waals surface area contributed by atoms with E-state index in [-0.39, 0.29) is 18.2 Å². The number of hydrogen-bond acceptors (Lipinski definition) is 4. The van der Waals surface area contributed by atoms with Gasteiger partial charge in [-0.25, -0.2) is 0 Å². The molecule has 0 radical (unpaired) electrons. The van der Waals surface area contributed by atoms with Crippen LogP contribution in [0.2, 0.25) is 4.34 Å². The van der Waals surface area contributed by atoms with Crippen LogP contribution >= 0.6 is 22.9 Å². The zero-order chi connectivity index (χ0) is 17.5.